The number of cyclic esters (lactones) is 1. The van der Waals surface area contributed by atoms with Gasteiger partial charge < -0.3 is 14.2 Å². The minimum absolute atomic E-state index is 0.130. The molecule has 0 N–H and O–H groups in total. The van der Waals surface area contributed by atoms with Crippen LogP contribution in [0.4, 0.5) is 4.79 Å². The molecule has 164 valence electrons. The zero-order chi connectivity index (χ0) is 21.5. The fourth-order valence-corrected chi connectivity index (χ4v) is 5.96. The number of nitrogens with zero attached hydrogens (tertiary/aromatic N) is 5. The lowest BCUT2D eigenvalue weighted by atomic mass is 9.68. The topological polar surface area (TPSA) is 91.6 Å². The van der Waals surface area contributed by atoms with Crippen molar-refractivity contribution in [3.05, 3.63) is 47.4 Å². The van der Waals surface area contributed by atoms with E-state index in [9.17, 15) is 4.79 Å². The van der Waals surface area contributed by atoms with E-state index in [1.807, 2.05) is 41.0 Å². The number of rotatable bonds is 4. The Bertz CT molecular complexity index is 1260. The summed E-state index contributed by atoms with van der Waals surface area (Å²) in [5, 5.41) is 9.93. The lowest BCUT2D eigenvalue weighted by Crippen LogP contribution is -2.53. The molecule has 5 aliphatic rings. The van der Waals surface area contributed by atoms with Crippen LogP contribution in [0, 0.1) is 0 Å². The highest BCUT2D eigenvalue weighted by Gasteiger charge is 2.71. The van der Waals surface area contributed by atoms with Crippen molar-refractivity contribution in [1.29, 1.82) is 0 Å². The van der Waals surface area contributed by atoms with Crippen molar-refractivity contribution in [2.45, 2.75) is 50.0 Å². The van der Waals surface area contributed by atoms with Gasteiger partial charge in [-0.3, -0.25) is 9.88 Å². The van der Waals surface area contributed by atoms with Gasteiger partial charge in [0.05, 0.1) is 42.5 Å². The van der Waals surface area contributed by atoms with Crippen LogP contribution >= 0.6 is 0 Å². The Hall–Kier alpha value is -3.20. The predicted octanol–water partition coefficient (Wildman–Crippen LogP) is 2.73. The zero-order valence-corrected chi connectivity index (χ0v) is 17.8. The number of carbonyl (C=O) groups excluding carboxylic acids is 1. The van der Waals surface area contributed by atoms with Gasteiger partial charge in [-0.25, -0.2) is 9.48 Å². The van der Waals surface area contributed by atoms with Gasteiger partial charge in [-0.05, 0) is 42.7 Å². The Morgan fingerprint density at radius 3 is 3.03 bits per heavy atom. The first-order chi connectivity index (χ1) is 15.6. The highest BCUT2D eigenvalue weighted by atomic mass is 16.6. The fraction of sp³-hybridized carbons (Fsp3) is 0.478. The van der Waals surface area contributed by atoms with Crippen molar-refractivity contribution < 1.29 is 19.0 Å². The minimum Gasteiger partial charge on any atom is -0.484 e. The monoisotopic (exact) mass is 433 g/mol. The SMILES string of the molecule is C[C@@H](Oc1ccc2ncc3c(c2c1)CCOC3)c1cn(C23CN4C(=O)OCC4(C2)C3)nn1. The Morgan fingerprint density at radius 2 is 2.16 bits per heavy atom. The molecule has 3 saturated heterocycles. The standard InChI is InChI=1S/C23H23N5O4/c1-14(32-16-2-3-19-18(6-16)17-4-5-30-9-15(17)7-24-19)20-8-28(26-25-20)22-10-23(11-22)13-31-21(29)27(23)12-22/h2-3,6-8,14H,4-5,9-13H2,1H3/t14-,22?,23?/m1/s1. The lowest BCUT2D eigenvalue weighted by molar-refractivity contribution is 0.0672. The van der Waals surface area contributed by atoms with E-state index in [1.165, 1.54) is 5.56 Å². The molecule has 0 radical (unpaired) electrons. The van der Waals surface area contributed by atoms with Gasteiger partial charge in [0, 0.05) is 24.4 Å². The third-order valence-corrected chi connectivity index (χ3v) is 7.55. The summed E-state index contributed by atoms with van der Waals surface area (Å²) in [6, 6.07) is 6.02. The van der Waals surface area contributed by atoms with E-state index in [1.54, 1.807) is 0 Å². The molecule has 1 aromatic carbocycles. The molecular formula is C23H23N5O4. The van der Waals surface area contributed by atoms with Crippen molar-refractivity contribution >= 4 is 17.0 Å². The van der Waals surface area contributed by atoms with E-state index in [0.717, 1.165) is 53.8 Å². The van der Waals surface area contributed by atoms with Gasteiger partial charge in [0.1, 0.15) is 24.2 Å². The number of hydrogen-bond acceptors (Lipinski definition) is 7. The van der Waals surface area contributed by atoms with Crippen LogP contribution in [0.5, 0.6) is 5.75 Å². The van der Waals surface area contributed by atoms with Crippen LogP contribution in [0.1, 0.15) is 42.7 Å². The smallest absolute Gasteiger partial charge is 0.410 e. The molecule has 2 aromatic heterocycles. The van der Waals surface area contributed by atoms with E-state index >= 15 is 0 Å². The second kappa shape index (κ2) is 6.19. The number of ether oxygens (including phenoxy) is 3. The predicted molar refractivity (Wildman–Crippen MR) is 112 cm³/mol. The van der Waals surface area contributed by atoms with E-state index in [2.05, 4.69) is 21.4 Å². The van der Waals surface area contributed by atoms with Crippen molar-refractivity contribution in [1.82, 2.24) is 24.9 Å². The summed E-state index contributed by atoms with van der Waals surface area (Å²) in [7, 11) is 0. The first kappa shape index (κ1) is 18.4. The highest BCUT2D eigenvalue weighted by molar-refractivity contribution is 5.84. The Labute approximate surface area is 184 Å². The first-order valence-corrected chi connectivity index (χ1v) is 11.1. The molecule has 32 heavy (non-hydrogen) atoms. The molecule has 1 amide bonds. The van der Waals surface area contributed by atoms with Gasteiger partial charge >= 0.3 is 6.09 Å². The summed E-state index contributed by atoms with van der Waals surface area (Å²) in [5.74, 6) is 0.784. The van der Waals surface area contributed by atoms with Gasteiger partial charge in [0.2, 0.25) is 0 Å². The summed E-state index contributed by atoms with van der Waals surface area (Å²) < 4.78 is 19.0. The molecular weight excluding hydrogens is 410 g/mol. The Balaban J connectivity index is 1.13. The number of fused-ring (bicyclic) bond motifs is 3. The summed E-state index contributed by atoms with van der Waals surface area (Å²) >= 11 is 0. The Morgan fingerprint density at radius 1 is 1.25 bits per heavy atom. The van der Waals surface area contributed by atoms with Crippen LogP contribution in [-0.2, 0) is 28.0 Å². The molecule has 9 nitrogen and oxygen atoms in total. The highest BCUT2D eigenvalue weighted by Crippen LogP contribution is 2.59. The number of pyridine rings is 1. The molecule has 4 aliphatic heterocycles. The average Bonchev–Trinajstić information content (AvgIpc) is 3.53. The van der Waals surface area contributed by atoms with E-state index in [0.29, 0.717) is 19.8 Å². The molecule has 9 heteroatoms. The van der Waals surface area contributed by atoms with Crippen LogP contribution in [0.2, 0.25) is 0 Å². The van der Waals surface area contributed by atoms with Gasteiger partial charge in [-0.15, -0.1) is 5.10 Å². The quantitative estimate of drug-likeness (QED) is 0.625. The van der Waals surface area contributed by atoms with Gasteiger partial charge in [-0.2, -0.15) is 0 Å². The van der Waals surface area contributed by atoms with E-state index in [-0.39, 0.29) is 23.3 Å². The molecule has 3 aromatic rings. The maximum atomic E-state index is 12.0. The molecule has 2 bridgehead atoms. The number of aromatic nitrogens is 4. The van der Waals surface area contributed by atoms with Gasteiger partial charge in [0.15, 0.2) is 0 Å². The summed E-state index contributed by atoms with van der Waals surface area (Å²) in [6.07, 6.45) is 6.04. The fourth-order valence-electron chi connectivity index (χ4n) is 5.96. The molecule has 1 saturated carbocycles. The van der Waals surface area contributed by atoms with Crippen LogP contribution in [0.15, 0.2) is 30.6 Å². The van der Waals surface area contributed by atoms with Gasteiger partial charge in [0.25, 0.3) is 0 Å². The van der Waals surface area contributed by atoms with E-state index < -0.39 is 0 Å². The number of carbonyl (C=O) groups is 1. The lowest BCUT2D eigenvalue weighted by Gasteiger charge is -2.43. The number of amides is 1. The third kappa shape index (κ3) is 2.42. The summed E-state index contributed by atoms with van der Waals surface area (Å²) in [5.41, 5.74) is 3.89. The molecule has 1 spiro atoms. The summed E-state index contributed by atoms with van der Waals surface area (Å²) in [6.45, 7) is 4.45. The van der Waals surface area contributed by atoms with Crippen molar-refractivity contribution in [3.63, 3.8) is 0 Å². The van der Waals surface area contributed by atoms with Crippen LogP contribution < -0.4 is 4.74 Å². The average molecular weight is 433 g/mol. The largest absolute Gasteiger partial charge is 0.484 e. The maximum absolute atomic E-state index is 12.0. The van der Waals surface area contributed by atoms with Crippen molar-refractivity contribution in [2.75, 3.05) is 19.8 Å². The number of benzene rings is 1. The maximum Gasteiger partial charge on any atom is 0.410 e. The second-order valence-corrected chi connectivity index (χ2v) is 9.53. The molecule has 0 unspecified atom stereocenters. The van der Waals surface area contributed by atoms with Crippen LogP contribution in [0.25, 0.3) is 10.9 Å². The number of hydrogen-bond donors (Lipinski definition) is 0. The minimum atomic E-state index is -0.256. The normalized spacial score (nSPS) is 28.8. The molecule has 1 atom stereocenters. The van der Waals surface area contributed by atoms with Crippen molar-refractivity contribution in [3.8, 4) is 5.75 Å². The second-order valence-electron chi connectivity index (χ2n) is 9.53. The first-order valence-electron chi connectivity index (χ1n) is 11.1. The van der Waals surface area contributed by atoms with Gasteiger partial charge in [-0.1, -0.05) is 5.21 Å². The third-order valence-electron chi connectivity index (χ3n) is 7.55. The Kier molecular flexibility index (Phi) is 3.55. The summed E-state index contributed by atoms with van der Waals surface area (Å²) in [4.78, 5) is 18.4. The van der Waals surface area contributed by atoms with E-state index in [4.69, 9.17) is 14.2 Å². The van der Waals surface area contributed by atoms with Crippen LogP contribution in [0.3, 0.4) is 0 Å². The zero-order valence-electron chi connectivity index (χ0n) is 17.8. The van der Waals surface area contributed by atoms with Crippen LogP contribution in [-0.4, -0.2) is 56.3 Å². The van der Waals surface area contributed by atoms with Crippen molar-refractivity contribution in [2.24, 2.45) is 0 Å². The molecule has 8 rings (SSSR count). The molecule has 6 heterocycles. The molecule has 4 fully saturated rings. The molecule has 1 aliphatic carbocycles.